The molecule has 1 aliphatic carbocycles. The van der Waals surface area contributed by atoms with Crippen molar-refractivity contribution in [1.82, 2.24) is 4.90 Å². The van der Waals surface area contributed by atoms with Crippen molar-refractivity contribution >= 4 is 27.3 Å². The van der Waals surface area contributed by atoms with E-state index in [9.17, 15) is 13.2 Å². The van der Waals surface area contributed by atoms with Crippen LogP contribution in [0.1, 0.15) is 19.3 Å². The van der Waals surface area contributed by atoms with Gasteiger partial charge in [-0.2, -0.15) is 0 Å². The number of nitrogens with zero attached hydrogens (tertiary/aromatic N) is 1. The van der Waals surface area contributed by atoms with E-state index in [0.29, 0.717) is 17.2 Å². The monoisotopic (exact) mass is 419 g/mol. The molecule has 2 aliphatic rings. The number of hydrogen-bond donors (Lipinski definition) is 0. The molecular weight excluding hydrogens is 398 g/mol. The summed E-state index contributed by atoms with van der Waals surface area (Å²) in [7, 11) is -3.04. The van der Waals surface area contributed by atoms with Gasteiger partial charge in [0.2, 0.25) is 0 Å². The first-order chi connectivity index (χ1) is 13.4. The quantitative estimate of drug-likeness (QED) is 0.718. The largest absolute Gasteiger partial charge is 0.482 e. The van der Waals surface area contributed by atoms with Crippen LogP contribution >= 0.6 is 11.6 Å². The van der Waals surface area contributed by atoms with Crippen LogP contribution in [0, 0.1) is 0 Å². The van der Waals surface area contributed by atoms with E-state index in [1.807, 2.05) is 42.5 Å². The summed E-state index contributed by atoms with van der Waals surface area (Å²) in [5.74, 6) is 0.487. The Morgan fingerprint density at radius 1 is 1.04 bits per heavy atom. The highest BCUT2D eigenvalue weighted by molar-refractivity contribution is 7.91. The van der Waals surface area contributed by atoms with E-state index in [-0.39, 0.29) is 36.1 Å². The second-order valence-corrected chi connectivity index (χ2v) is 10.0. The zero-order valence-electron chi connectivity index (χ0n) is 15.4. The van der Waals surface area contributed by atoms with Gasteiger partial charge in [0.1, 0.15) is 5.75 Å². The molecule has 0 aromatic heterocycles. The molecular formula is C21H22ClNO4S. The lowest BCUT2D eigenvalue weighted by molar-refractivity contribution is -0.135. The molecule has 1 unspecified atom stereocenters. The van der Waals surface area contributed by atoms with Crippen molar-refractivity contribution in [2.45, 2.75) is 31.3 Å². The van der Waals surface area contributed by atoms with Crippen LogP contribution in [0.5, 0.6) is 5.75 Å². The van der Waals surface area contributed by atoms with E-state index in [2.05, 4.69) is 0 Å². The average Bonchev–Trinajstić information content (AvgIpc) is 3.44. The molecule has 1 saturated heterocycles. The first-order valence-corrected chi connectivity index (χ1v) is 11.6. The zero-order valence-corrected chi connectivity index (χ0v) is 17.0. The normalized spacial score (nSPS) is 20.7. The molecule has 1 amide bonds. The fourth-order valence-electron chi connectivity index (χ4n) is 3.69. The van der Waals surface area contributed by atoms with Gasteiger partial charge < -0.3 is 9.64 Å². The number of halogens is 1. The Kier molecular flexibility index (Phi) is 5.34. The van der Waals surface area contributed by atoms with Gasteiger partial charge in [-0.05, 0) is 42.5 Å². The second kappa shape index (κ2) is 7.76. The van der Waals surface area contributed by atoms with Crippen LogP contribution in [0.15, 0.2) is 48.5 Å². The summed E-state index contributed by atoms with van der Waals surface area (Å²) >= 11 is 6.35. The Labute approximate surface area is 170 Å². The highest BCUT2D eigenvalue weighted by Crippen LogP contribution is 2.33. The maximum Gasteiger partial charge on any atom is 0.261 e. The summed E-state index contributed by atoms with van der Waals surface area (Å²) in [5, 5.41) is 0.440. The molecule has 0 radical (unpaired) electrons. The number of sulfone groups is 1. The Bertz CT molecular complexity index is 973. The van der Waals surface area contributed by atoms with Crippen LogP contribution in [0.4, 0.5) is 0 Å². The van der Waals surface area contributed by atoms with E-state index in [1.54, 1.807) is 11.0 Å². The molecule has 2 aromatic carbocycles. The summed E-state index contributed by atoms with van der Waals surface area (Å²) in [6, 6.07) is 15.3. The first kappa shape index (κ1) is 19.3. The molecule has 1 atom stereocenters. The van der Waals surface area contributed by atoms with E-state index in [0.717, 1.165) is 24.0 Å². The third-order valence-corrected chi connectivity index (χ3v) is 7.27. The van der Waals surface area contributed by atoms with E-state index in [1.165, 1.54) is 0 Å². The summed E-state index contributed by atoms with van der Waals surface area (Å²) in [5.41, 5.74) is 2.02. The summed E-state index contributed by atoms with van der Waals surface area (Å²) in [6.07, 6.45) is 2.36. The molecule has 1 aliphatic heterocycles. The van der Waals surface area contributed by atoms with Gasteiger partial charge >= 0.3 is 0 Å². The van der Waals surface area contributed by atoms with Crippen LogP contribution in [-0.4, -0.2) is 49.4 Å². The van der Waals surface area contributed by atoms with Crippen molar-refractivity contribution in [3.8, 4) is 16.9 Å². The molecule has 1 saturated carbocycles. The molecule has 4 rings (SSSR count). The first-order valence-electron chi connectivity index (χ1n) is 9.42. The van der Waals surface area contributed by atoms with Crippen molar-refractivity contribution < 1.29 is 17.9 Å². The SMILES string of the molecule is O=C(COc1ccc(-c2ccccc2)cc1Cl)N(C1CC1)C1CCS(=O)(=O)C1. The van der Waals surface area contributed by atoms with Gasteiger partial charge in [0.25, 0.3) is 5.91 Å². The molecule has 5 nitrogen and oxygen atoms in total. The molecule has 0 spiro atoms. The Balaban J connectivity index is 1.42. The highest BCUT2D eigenvalue weighted by atomic mass is 35.5. The van der Waals surface area contributed by atoms with Crippen molar-refractivity contribution in [2.75, 3.05) is 18.1 Å². The summed E-state index contributed by atoms with van der Waals surface area (Å²) < 4.78 is 29.3. The Morgan fingerprint density at radius 2 is 1.79 bits per heavy atom. The molecule has 0 bridgehead atoms. The van der Waals surface area contributed by atoms with E-state index >= 15 is 0 Å². The minimum absolute atomic E-state index is 0.0573. The number of benzene rings is 2. The third-order valence-electron chi connectivity index (χ3n) is 5.22. The van der Waals surface area contributed by atoms with Crippen molar-refractivity contribution in [2.24, 2.45) is 0 Å². The fourth-order valence-corrected chi connectivity index (χ4v) is 5.64. The van der Waals surface area contributed by atoms with Crippen LogP contribution in [0.25, 0.3) is 11.1 Å². The van der Waals surface area contributed by atoms with Gasteiger partial charge in [-0.3, -0.25) is 4.79 Å². The summed E-state index contributed by atoms with van der Waals surface area (Å²) in [6.45, 7) is -0.141. The van der Waals surface area contributed by atoms with Gasteiger partial charge in [-0.1, -0.05) is 48.0 Å². The molecule has 7 heteroatoms. The zero-order chi connectivity index (χ0) is 19.7. The minimum Gasteiger partial charge on any atom is -0.482 e. The number of hydrogen-bond acceptors (Lipinski definition) is 4. The number of carbonyl (C=O) groups excluding carboxylic acids is 1. The van der Waals surface area contributed by atoms with Crippen LogP contribution in [-0.2, 0) is 14.6 Å². The molecule has 0 N–H and O–H groups in total. The number of amides is 1. The lowest BCUT2D eigenvalue weighted by Gasteiger charge is -2.28. The maximum atomic E-state index is 12.8. The Hall–Kier alpha value is -2.05. The fraction of sp³-hybridized carbons (Fsp3) is 0.381. The van der Waals surface area contributed by atoms with Gasteiger partial charge in [0, 0.05) is 12.1 Å². The number of rotatable bonds is 6. The average molecular weight is 420 g/mol. The van der Waals surface area contributed by atoms with Crippen LogP contribution < -0.4 is 4.74 Å². The third kappa shape index (κ3) is 4.33. The maximum absolute atomic E-state index is 12.8. The van der Waals surface area contributed by atoms with Crippen molar-refractivity contribution in [1.29, 1.82) is 0 Å². The standard InChI is InChI=1S/C21H22ClNO4S/c22-19-12-16(15-4-2-1-3-5-15)6-9-20(19)27-13-21(24)23(17-7-8-17)18-10-11-28(25,26)14-18/h1-6,9,12,17-18H,7-8,10-11,13-14H2. The Morgan fingerprint density at radius 3 is 2.39 bits per heavy atom. The molecule has 28 heavy (non-hydrogen) atoms. The predicted molar refractivity (Wildman–Crippen MR) is 109 cm³/mol. The van der Waals surface area contributed by atoms with E-state index in [4.69, 9.17) is 16.3 Å². The summed E-state index contributed by atoms with van der Waals surface area (Å²) in [4.78, 5) is 14.5. The van der Waals surface area contributed by atoms with Crippen molar-refractivity contribution in [3.63, 3.8) is 0 Å². The van der Waals surface area contributed by atoms with Gasteiger partial charge in [0.15, 0.2) is 16.4 Å². The van der Waals surface area contributed by atoms with Crippen LogP contribution in [0.3, 0.4) is 0 Å². The number of ether oxygens (including phenoxy) is 1. The van der Waals surface area contributed by atoms with E-state index < -0.39 is 9.84 Å². The van der Waals surface area contributed by atoms with Gasteiger partial charge in [-0.15, -0.1) is 0 Å². The lowest BCUT2D eigenvalue weighted by atomic mass is 10.1. The highest BCUT2D eigenvalue weighted by Gasteiger charge is 2.42. The van der Waals surface area contributed by atoms with Crippen LogP contribution in [0.2, 0.25) is 5.02 Å². The minimum atomic E-state index is -3.04. The molecule has 1 heterocycles. The number of carbonyl (C=O) groups is 1. The molecule has 2 aromatic rings. The van der Waals surface area contributed by atoms with Crippen molar-refractivity contribution in [3.05, 3.63) is 53.6 Å². The predicted octanol–water partition coefficient (Wildman–Crippen LogP) is 3.56. The second-order valence-electron chi connectivity index (χ2n) is 7.39. The smallest absolute Gasteiger partial charge is 0.261 e. The molecule has 2 fully saturated rings. The van der Waals surface area contributed by atoms with Gasteiger partial charge in [0.05, 0.1) is 16.5 Å². The van der Waals surface area contributed by atoms with Gasteiger partial charge in [-0.25, -0.2) is 8.42 Å². The molecule has 148 valence electrons. The lowest BCUT2D eigenvalue weighted by Crippen LogP contribution is -2.45. The topological polar surface area (TPSA) is 63.7 Å².